The van der Waals surface area contributed by atoms with Crippen molar-refractivity contribution >= 4 is 35.3 Å². The van der Waals surface area contributed by atoms with E-state index in [1.165, 1.54) is 57.9 Å². The Hall–Kier alpha value is -3.74. The van der Waals surface area contributed by atoms with Gasteiger partial charge in [-0.3, -0.25) is 19.6 Å². The van der Waals surface area contributed by atoms with E-state index in [1.807, 2.05) is 6.92 Å². The number of esters is 2. The SMILES string of the molecule is C=CCOC(=O)c1cn(C[C@]2(C)S[C@@H]3CC(=O)N3[C@H]2C(=O)OCc2ccc([N+](=O)[O-])cc2)nn1. The van der Waals surface area contributed by atoms with E-state index in [4.69, 9.17) is 9.47 Å². The van der Waals surface area contributed by atoms with Crippen LogP contribution in [0.25, 0.3) is 0 Å². The summed E-state index contributed by atoms with van der Waals surface area (Å²) in [4.78, 5) is 49.2. The second-order valence-corrected chi connectivity index (χ2v) is 9.73. The molecule has 1 aromatic carbocycles. The van der Waals surface area contributed by atoms with Gasteiger partial charge in [0.15, 0.2) is 5.69 Å². The topological polar surface area (TPSA) is 147 Å². The van der Waals surface area contributed by atoms with Gasteiger partial charge >= 0.3 is 11.9 Å². The van der Waals surface area contributed by atoms with Crippen molar-refractivity contribution in [1.29, 1.82) is 0 Å². The third-order valence-corrected chi connectivity index (χ3v) is 7.07. The lowest BCUT2D eigenvalue weighted by Crippen LogP contribution is -2.58. The highest BCUT2D eigenvalue weighted by Gasteiger charge is 2.61. The summed E-state index contributed by atoms with van der Waals surface area (Å²) in [6, 6.07) is 4.80. The van der Waals surface area contributed by atoms with Crippen molar-refractivity contribution in [3.8, 4) is 0 Å². The summed E-state index contributed by atoms with van der Waals surface area (Å²) in [7, 11) is 0. The molecule has 4 rings (SSSR count). The van der Waals surface area contributed by atoms with Crippen molar-refractivity contribution in [1.82, 2.24) is 19.9 Å². The Kier molecular flexibility index (Phi) is 6.37. The molecular formula is C21H21N5O7S. The highest BCUT2D eigenvalue weighted by Crippen LogP contribution is 2.52. The number of hydrogen-bond donors (Lipinski definition) is 0. The van der Waals surface area contributed by atoms with Gasteiger partial charge in [-0.05, 0) is 24.6 Å². The van der Waals surface area contributed by atoms with Gasteiger partial charge in [-0.25, -0.2) is 9.59 Å². The molecule has 2 aromatic rings. The first-order valence-electron chi connectivity index (χ1n) is 10.3. The second-order valence-electron chi connectivity index (χ2n) is 8.01. The number of non-ortho nitro benzene ring substituents is 1. The first-order chi connectivity index (χ1) is 16.2. The van der Waals surface area contributed by atoms with Crippen LogP contribution in [0.4, 0.5) is 5.69 Å². The molecule has 0 unspecified atom stereocenters. The van der Waals surface area contributed by atoms with Gasteiger partial charge < -0.3 is 14.4 Å². The molecule has 1 amide bonds. The number of carbonyl (C=O) groups is 3. The van der Waals surface area contributed by atoms with E-state index in [9.17, 15) is 24.5 Å². The highest BCUT2D eigenvalue weighted by molar-refractivity contribution is 8.01. The smallest absolute Gasteiger partial charge is 0.360 e. The molecule has 1 aromatic heterocycles. The van der Waals surface area contributed by atoms with Gasteiger partial charge in [-0.1, -0.05) is 17.9 Å². The van der Waals surface area contributed by atoms with Gasteiger partial charge in [0.1, 0.15) is 19.3 Å². The zero-order valence-corrected chi connectivity index (χ0v) is 19.0. The fraction of sp³-hybridized carbons (Fsp3) is 0.381. The summed E-state index contributed by atoms with van der Waals surface area (Å²) < 4.78 is 11.1. The fourth-order valence-electron chi connectivity index (χ4n) is 3.91. The third kappa shape index (κ3) is 4.51. The Labute approximate surface area is 198 Å². The number of nitro benzene ring substituents is 1. The molecule has 34 heavy (non-hydrogen) atoms. The molecule has 0 bridgehead atoms. The van der Waals surface area contributed by atoms with E-state index >= 15 is 0 Å². The van der Waals surface area contributed by atoms with Crippen LogP contribution in [0, 0.1) is 10.1 Å². The largest absolute Gasteiger partial charge is 0.459 e. The molecule has 2 fully saturated rings. The molecule has 0 aliphatic carbocycles. The number of aromatic nitrogens is 3. The van der Waals surface area contributed by atoms with Crippen molar-refractivity contribution in [2.45, 2.75) is 42.7 Å². The van der Waals surface area contributed by atoms with Gasteiger partial charge in [0.25, 0.3) is 5.69 Å². The molecular weight excluding hydrogens is 466 g/mol. The van der Waals surface area contributed by atoms with Crippen molar-refractivity contribution in [3.05, 3.63) is 64.5 Å². The van der Waals surface area contributed by atoms with Crippen LogP contribution in [-0.2, 0) is 32.2 Å². The van der Waals surface area contributed by atoms with E-state index in [-0.39, 0.29) is 42.4 Å². The Bertz CT molecular complexity index is 1150. The lowest BCUT2D eigenvalue weighted by molar-refractivity contribution is -0.384. The predicted octanol–water partition coefficient (Wildman–Crippen LogP) is 1.70. The lowest BCUT2D eigenvalue weighted by atomic mass is 9.96. The first-order valence-corrected chi connectivity index (χ1v) is 11.2. The van der Waals surface area contributed by atoms with Crippen LogP contribution in [0.15, 0.2) is 43.1 Å². The van der Waals surface area contributed by atoms with Crippen LogP contribution in [0.2, 0.25) is 0 Å². The van der Waals surface area contributed by atoms with Crippen molar-refractivity contribution in [2.24, 2.45) is 0 Å². The molecule has 0 radical (unpaired) electrons. The number of hydrogen-bond acceptors (Lipinski definition) is 10. The van der Waals surface area contributed by atoms with Crippen LogP contribution in [0.3, 0.4) is 0 Å². The first kappa shape index (κ1) is 23.4. The van der Waals surface area contributed by atoms with Gasteiger partial charge in [0.2, 0.25) is 5.91 Å². The van der Waals surface area contributed by atoms with Crippen molar-refractivity contribution in [2.75, 3.05) is 6.61 Å². The summed E-state index contributed by atoms with van der Waals surface area (Å²) in [5.74, 6) is -1.38. The number of fused-ring (bicyclic) bond motifs is 1. The van der Waals surface area contributed by atoms with E-state index in [0.29, 0.717) is 12.0 Å². The number of amides is 1. The maximum absolute atomic E-state index is 13.1. The zero-order chi connectivity index (χ0) is 24.5. The molecule has 178 valence electrons. The second kappa shape index (κ2) is 9.25. The molecule has 2 aliphatic heterocycles. The Morgan fingerprint density at radius 3 is 2.74 bits per heavy atom. The standard InChI is InChI=1S/C21H21N5O7S/c1-3-8-32-19(28)15-10-24(23-22-15)12-21(2)18(25-16(27)9-17(25)34-21)20(29)33-11-13-4-6-14(7-5-13)26(30)31/h3-7,10,17-18H,1,8-9,11-12H2,2H3/t17-,18+,21+/m1/s1. The van der Waals surface area contributed by atoms with E-state index in [0.717, 1.165) is 0 Å². The molecule has 0 spiro atoms. The molecule has 3 atom stereocenters. The summed E-state index contributed by atoms with van der Waals surface area (Å²) >= 11 is 1.47. The van der Waals surface area contributed by atoms with Gasteiger partial charge in [0.05, 0.1) is 34.2 Å². The van der Waals surface area contributed by atoms with Crippen molar-refractivity contribution in [3.63, 3.8) is 0 Å². The quantitative estimate of drug-likeness (QED) is 0.168. The van der Waals surface area contributed by atoms with E-state index in [1.54, 1.807) is 0 Å². The average molecular weight is 487 g/mol. The zero-order valence-electron chi connectivity index (χ0n) is 18.2. The minimum Gasteiger partial charge on any atom is -0.459 e. The van der Waals surface area contributed by atoms with Gasteiger partial charge in [-0.2, -0.15) is 0 Å². The monoisotopic (exact) mass is 487 g/mol. The molecule has 2 aliphatic rings. The summed E-state index contributed by atoms with van der Waals surface area (Å²) in [5, 5.41) is 18.4. The molecule has 0 saturated carbocycles. The minimum atomic E-state index is -0.873. The number of thioether (sulfide) groups is 1. The number of benzene rings is 1. The van der Waals surface area contributed by atoms with Gasteiger partial charge in [0, 0.05) is 12.1 Å². The summed E-state index contributed by atoms with van der Waals surface area (Å²) in [6.07, 6.45) is 3.18. The fourth-order valence-corrected chi connectivity index (χ4v) is 5.66. The van der Waals surface area contributed by atoms with Crippen LogP contribution in [0.5, 0.6) is 0 Å². The number of nitro groups is 1. The summed E-state index contributed by atoms with van der Waals surface area (Å²) in [5.41, 5.74) is 0.534. The normalized spacial score (nSPS) is 23.1. The van der Waals surface area contributed by atoms with Crippen LogP contribution in [-0.4, -0.2) is 65.4 Å². The highest BCUT2D eigenvalue weighted by atomic mass is 32.2. The molecule has 3 heterocycles. The Morgan fingerprint density at radius 2 is 2.09 bits per heavy atom. The number of ether oxygens (including phenoxy) is 2. The molecule has 12 nitrogen and oxygen atoms in total. The van der Waals surface area contributed by atoms with E-state index in [2.05, 4.69) is 16.9 Å². The maximum atomic E-state index is 13.1. The molecule has 0 N–H and O–H groups in total. The number of rotatable bonds is 9. The third-order valence-electron chi connectivity index (χ3n) is 5.52. The average Bonchev–Trinajstić information content (AvgIpc) is 3.36. The minimum absolute atomic E-state index is 0.0186. The van der Waals surface area contributed by atoms with Crippen LogP contribution in [0.1, 0.15) is 29.4 Å². The van der Waals surface area contributed by atoms with Crippen LogP contribution < -0.4 is 0 Å². The number of carbonyl (C=O) groups excluding carboxylic acids is 3. The van der Waals surface area contributed by atoms with Crippen LogP contribution >= 0.6 is 11.8 Å². The maximum Gasteiger partial charge on any atom is 0.360 e. The molecule has 2 saturated heterocycles. The Morgan fingerprint density at radius 1 is 1.35 bits per heavy atom. The summed E-state index contributed by atoms with van der Waals surface area (Å²) in [6.45, 7) is 5.45. The Balaban J connectivity index is 1.47. The molecule has 13 heteroatoms. The number of β-lactam (4-membered cyclic amide) rings is 1. The number of nitrogens with zero attached hydrogens (tertiary/aromatic N) is 5. The predicted molar refractivity (Wildman–Crippen MR) is 118 cm³/mol. The lowest BCUT2D eigenvalue weighted by Gasteiger charge is -2.37. The van der Waals surface area contributed by atoms with E-state index < -0.39 is 27.7 Å². The van der Waals surface area contributed by atoms with Crippen molar-refractivity contribution < 1.29 is 28.8 Å². The van der Waals surface area contributed by atoms with Gasteiger partial charge in [-0.15, -0.1) is 16.9 Å².